The van der Waals surface area contributed by atoms with Crippen molar-refractivity contribution in [3.8, 4) is 5.82 Å². The lowest BCUT2D eigenvalue weighted by molar-refractivity contribution is -0.138. The number of alkyl halides is 6. The molecule has 3 aliphatic rings. The first-order valence-electron chi connectivity index (χ1n) is 12.9. The van der Waals surface area contributed by atoms with Gasteiger partial charge in [0.1, 0.15) is 5.82 Å². The number of pyridine rings is 2. The summed E-state index contributed by atoms with van der Waals surface area (Å²) in [5.74, 6) is 0.748. The molecule has 2 unspecified atom stereocenters. The fraction of sp³-hybridized carbons (Fsp3) is 0.462. The number of piperazine rings is 1. The molecule has 1 amide bonds. The number of amides is 1. The monoisotopic (exact) mass is 565 g/mol. The van der Waals surface area contributed by atoms with Crippen molar-refractivity contribution in [1.82, 2.24) is 29.5 Å². The van der Waals surface area contributed by atoms with Gasteiger partial charge in [0, 0.05) is 68.8 Å². The first-order valence-corrected chi connectivity index (χ1v) is 12.9. The number of halogens is 6. The SMILES string of the molecule is O=C(CN1CC2CCC(C1)N2c1ccc(C(F)(F)F)cn1)N1CCc2nn(-c3ccc(C(F)(F)F)cn3)cc2C1. The highest BCUT2D eigenvalue weighted by atomic mass is 19.4. The molecule has 2 fully saturated rings. The number of hydrogen-bond acceptors (Lipinski definition) is 6. The molecule has 3 aromatic rings. The lowest BCUT2D eigenvalue weighted by Gasteiger charge is -2.42. The van der Waals surface area contributed by atoms with Crippen LogP contribution in [0.15, 0.2) is 42.9 Å². The Morgan fingerprint density at radius 3 is 2.02 bits per heavy atom. The van der Waals surface area contributed by atoms with Gasteiger partial charge in [0.2, 0.25) is 5.91 Å². The molecule has 0 N–H and O–H groups in total. The molecule has 8 nitrogen and oxygen atoms in total. The van der Waals surface area contributed by atoms with E-state index in [0.29, 0.717) is 38.4 Å². The van der Waals surface area contributed by atoms with Crippen LogP contribution < -0.4 is 4.90 Å². The molecule has 212 valence electrons. The molecule has 2 saturated heterocycles. The van der Waals surface area contributed by atoms with Crippen LogP contribution in [0.5, 0.6) is 0 Å². The Hall–Kier alpha value is -3.68. The maximum Gasteiger partial charge on any atom is 0.417 e. The predicted octanol–water partition coefficient (Wildman–Crippen LogP) is 3.94. The summed E-state index contributed by atoms with van der Waals surface area (Å²) in [6.45, 7) is 2.27. The van der Waals surface area contributed by atoms with Crippen LogP contribution in [0.3, 0.4) is 0 Å². The molecule has 0 aromatic carbocycles. The molecule has 40 heavy (non-hydrogen) atoms. The number of hydrogen-bond donors (Lipinski definition) is 0. The summed E-state index contributed by atoms with van der Waals surface area (Å²) in [6, 6.07) is 4.83. The van der Waals surface area contributed by atoms with Gasteiger partial charge < -0.3 is 9.80 Å². The van der Waals surface area contributed by atoms with E-state index in [1.54, 1.807) is 11.1 Å². The highest BCUT2D eigenvalue weighted by Crippen LogP contribution is 2.36. The van der Waals surface area contributed by atoms with Crippen LogP contribution in [-0.2, 0) is 30.1 Å². The molecule has 6 rings (SSSR count). The first kappa shape index (κ1) is 26.5. The number of anilines is 1. The number of carbonyl (C=O) groups excluding carboxylic acids is 1. The Morgan fingerprint density at radius 2 is 1.48 bits per heavy atom. The fourth-order valence-corrected chi connectivity index (χ4v) is 5.82. The van der Waals surface area contributed by atoms with E-state index in [1.165, 1.54) is 16.8 Å². The summed E-state index contributed by atoms with van der Waals surface area (Å²) in [5.41, 5.74) is -0.0190. The van der Waals surface area contributed by atoms with Crippen LogP contribution in [0.25, 0.3) is 5.82 Å². The number of likely N-dealkylation sites (tertiary alicyclic amines) is 1. The summed E-state index contributed by atoms with van der Waals surface area (Å²) in [5, 5.41) is 4.46. The minimum Gasteiger partial charge on any atom is -0.348 e. The van der Waals surface area contributed by atoms with Crippen molar-refractivity contribution in [2.45, 2.75) is 50.2 Å². The Balaban J connectivity index is 1.07. The van der Waals surface area contributed by atoms with Gasteiger partial charge in [0.05, 0.1) is 23.4 Å². The lowest BCUT2D eigenvalue weighted by atomic mass is 10.1. The normalized spacial score (nSPS) is 21.6. The topological polar surface area (TPSA) is 70.4 Å². The second kappa shape index (κ2) is 9.75. The third-order valence-corrected chi connectivity index (χ3v) is 7.78. The Labute approximate surface area is 225 Å². The maximum absolute atomic E-state index is 13.2. The molecule has 0 aliphatic carbocycles. The van der Waals surface area contributed by atoms with Crippen molar-refractivity contribution in [2.24, 2.45) is 0 Å². The zero-order valence-corrected chi connectivity index (χ0v) is 21.2. The van der Waals surface area contributed by atoms with Gasteiger partial charge in [-0.15, -0.1) is 0 Å². The average Bonchev–Trinajstić information content (AvgIpc) is 3.45. The minimum absolute atomic E-state index is 0.0356. The zero-order chi connectivity index (χ0) is 28.2. The van der Waals surface area contributed by atoms with Crippen LogP contribution >= 0.6 is 0 Å². The number of rotatable bonds is 4. The van der Waals surface area contributed by atoms with Crippen molar-refractivity contribution in [1.29, 1.82) is 0 Å². The number of fused-ring (bicyclic) bond motifs is 3. The third kappa shape index (κ3) is 5.11. The largest absolute Gasteiger partial charge is 0.417 e. The molecular formula is C26H25F6N7O. The van der Waals surface area contributed by atoms with Gasteiger partial charge in [-0.3, -0.25) is 9.69 Å². The maximum atomic E-state index is 13.2. The van der Waals surface area contributed by atoms with E-state index in [1.807, 2.05) is 0 Å². The van der Waals surface area contributed by atoms with Crippen LogP contribution in [0.4, 0.5) is 32.2 Å². The number of nitrogens with zero attached hydrogens (tertiary/aromatic N) is 7. The van der Waals surface area contributed by atoms with Crippen molar-refractivity contribution >= 4 is 11.7 Å². The Kier molecular flexibility index (Phi) is 6.47. The first-order chi connectivity index (χ1) is 19.0. The molecule has 3 aromatic heterocycles. The summed E-state index contributed by atoms with van der Waals surface area (Å²) in [6.07, 6.45) is -3.30. The second-order valence-electron chi connectivity index (χ2n) is 10.4. The van der Waals surface area contributed by atoms with Crippen LogP contribution in [0, 0.1) is 0 Å². The lowest BCUT2D eigenvalue weighted by Crippen LogP contribution is -2.56. The van der Waals surface area contributed by atoms with E-state index in [-0.39, 0.29) is 30.4 Å². The molecule has 0 saturated carbocycles. The van der Waals surface area contributed by atoms with Crippen LogP contribution in [-0.4, -0.2) is 73.7 Å². The highest BCUT2D eigenvalue weighted by molar-refractivity contribution is 5.78. The molecule has 2 atom stereocenters. The van der Waals surface area contributed by atoms with Crippen molar-refractivity contribution < 1.29 is 31.1 Å². The van der Waals surface area contributed by atoms with Gasteiger partial charge in [-0.2, -0.15) is 31.4 Å². The second-order valence-corrected chi connectivity index (χ2v) is 10.4. The quantitative estimate of drug-likeness (QED) is 0.447. The van der Waals surface area contributed by atoms with Gasteiger partial charge in [-0.25, -0.2) is 14.6 Å². The molecule has 2 bridgehead atoms. The Bertz CT molecular complexity index is 1370. The van der Waals surface area contributed by atoms with Crippen molar-refractivity contribution in [2.75, 3.05) is 31.1 Å². The summed E-state index contributed by atoms with van der Waals surface area (Å²) >= 11 is 0. The van der Waals surface area contributed by atoms with E-state index in [4.69, 9.17) is 0 Å². The minimum atomic E-state index is -4.47. The van der Waals surface area contributed by atoms with Crippen molar-refractivity contribution in [3.05, 3.63) is 65.2 Å². The summed E-state index contributed by atoms with van der Waals surface area (Å²) in [4.78, 5) is 27.1. The van der Waals surface area contributed by atoms with E-state index in [2.05, 4.69) is 24.9 Å². The van der Waals surface area contributed by atoms with Gasteiger partial charge >= 0.3 is 12.4 Å². The Morgan fingerprint density at radius 1 is 0.875 bits per heavy atom. The highest BCUT2D eigenvalue weighted by Gasteiger charge is 2.42. The average molecular weight is 566 g/mol. The van der Waals surface area contributed by atoms with E-state index in [9.17, 15) is 31.1 Å². The molecule has 0 spiro atoms. The van der Waals surface area contributed by atoms with Gasteiger partial charge in [-0.05, 0) is 37.1 Å². The summed E-state index contributed by atoms with van der Waals surface area (Å²) in [7, 11) is 0. The number of aromatic nitrogens is 4. The zero-order valence-electron chi connectivity index (χ0n) is 21.2. The van der Waals surface area contributed by atoms with Gasteiger partial charge in [0.15, 0.2) is 5.82 Å². The molecule has 14 heteroatoms. The number of carbonyl (C=O) groups is 1. The third-order valence-electron chi connectivity index (χ3n) is 7.78. The van der Waals surface area contributed by atoms with Crippen LogP contribution in [0.2, 0.25) is 0 Å². The smallest absolute Gasteiger partial charge is 0.348 e. The fourth-order valence-electron chi connectivity index (χ4n) is 5.82. The van der Waals surface area contributed by atoms with Crippen LogP contribution in [0.1, 0.15) is 35.2 Å². The molecule has 0 radical (unpaired) electrons. The van der Waals surface area contributed by atoms with E-state index < -0.39 is 23.5 Å². The van der Waals surface area contributed by atoms with Gasteiger partial charge in [-0.1, -0.05) is 0 Å². The molecule has 3 aliphatic heterocycles. The predicted molar refractivity (Wildman–Crippen MR) is 130 cm³/mol. The molecular weight excluding hydrogens is 540 g/mol. The standard InChI is InChI=1S/C26H25F6N7O/c27-25(28,29)17-1-5-22(33-9-17)38-12-16-11-37(8-7-21(16)35-38)24(40)15-36-13-19-3-4-20(14-36)39(19)23-6-2-18(10-34-23)26(30,31)32/h1-2,5-6,9-10,12,19-20H,3-4,7-8,11,13-15H2. The van der Waals surface area contributed by atoms with Crippen molar-refractivity contribution in [3.63, 3.8) is 0 Å². The molecule has 6 heterocycles. The van der Waals surface area contributed by atoms with Gasteiger partial charge in [0.25, 0.3) is 0 Å². The van der Waals surface area contributed by atoms with E-state index >= 15 is 0 Å². The van der Waals surface area contributed by atoms with E-state index in [0.717, 1.165) is 48.6 Å². The summed E-state index contributed by atoms with van der Waals surface area (Å²) < 4.78 is 78.7.